The summed E-state index contributed by atoms with van der Waals surface area (Å²) < 4.78 is 5.17. The number of benzene rings is 2. The van der Waals surface area contributed by atoms with Crippen molar-refractivity contribution in [3.8, 4) is 5.75 Å². The Bertz CT molecular complexity index is 1120. The predicted molar refractivity (Wildman–Crippen MR) is 121 cm³/mol. The molecule has 1 aliphatic heterocycles. The predicted octanol–water partition coefficient (Wildman–Crippen LogP) is 3.67. The van der Waals surface area contributed by atoms with Gasteiger partial charge in [0.2, 0.25) is 0 Å². The van der Waals surface area contributed by atoms with Crippen LogP contribution in [0, 0.1) is 10.1 Å². The van der Waals surface area contributed by atoms with Gasteiger partial charge in [0.25, 0.3) is 17.4 Å². The van der Waals surface area contributed by atoms with Crippen LogP contribution in [-0.4, -0.2) is 51.4 Å². The Morgan fingerprint density at radius 3 is 2.24 bits per heavy atom. The summed E-state index contributed by atoms with van der Waals surface area (Å²) in [5.74, 6) is -2.39. The standard InChI is InChI=1S/C24H24N2O8/c1-34-18-12-8-15(9-13-18)21-20(22(29)16-6-10-17(11-7-16)26(32)33)23(30)24(31)25(21)14-4-2-3-5-19(27)28/h6-13,21,29H,2-5,14H2,1H3,(H,27,28)/b22-20+. The van der Waals surface area contributed by atoms with Crippen molar-refractivity contribution >= 4 is 29.1 Å². The fraction of sp³-hybridized carbons (Fsp3) is 0.292. The van der Waals surface area contributed by atoms with Crippen LogP contribution < -0.4 is 4.74 Å². The molecule has 2 aromatic carbocycles. The molecule has 0 spiro atoms. The fourth-order valence-electron chi connectivity index (χ4n) is 3.88. The number of aliphatic carboxylic acids is 1. The number of Topliss-reactive ketones (excluding diaryl/α,β-unsaturated/α-hetero) is 1. The molecule has 1 atom stereocenters. The quantitative estimate of drug-likeness (QED) is 0.134. The van der Waals surface area contributed by atoms with E-state index in [1.165, 1.54) is 36.3 Å². The first kappa shape index (κ1) is 24.4. The van der Waals surface area contributed by atoms with Crippen LogP contribution in [-0.2, 0) is 14.4 Å². The van der Waals surface area contributed by atoms with E-state index in [9.17, 15) is 29.6 Å². The monoisotopic (exact) mass is 468 g/mol. The van der Waals surface area contributed by atoms with Crippen molar-refractivity contribution in [2.45, 2.75) is 31.7 Å². The molecule has 1 unspecified atom stereocenters. The van der Waals surface area contributed by atoms with E-state index in [-0.39, 0.29) is 29.8 Å². The summed E-state index contributed by atoms with van der Waals surface area (Å²) in [5, 5.41) is 30.7. The number of nitro benzene ring substituents is 1. The van der Waals surface area contributed by atoms with Crippen LogP contribution in [0.1, 0.15) is 42.9 Å². The van der Waals surface area contributed by atoms with Gasteiger partial charge in [0.1, 0.15) is 11.5 Å². The lowest BCUT2D eigenvalue weighted by molar-refractivity contribution is -0.384. The van der Waals surface area contributed by atoms with Crippen molar-refractivity contribution in [1.29, 1.82) is 0 Å². The van der Waals surface area contributed by atoms with Crippen molar-refractivity contribution in [2.75, 3.05) is 13.7 Å². The first-order chi connectivity index (χ1) is 16.2. The van der Waals surface area contributed by atoms with Gasteiger partial charge in [0, 0.05) is 30.7 Å². The molecular formula is C24H24N2O8. The lowest BCUT2D eigenvalue weighted by atomic mass is 9.95. The minimum absolute atomic E-state index is 0.0148. The Labute approximate surface area is 195 Å². The van der Waals surface area contributed by atoms with Gasteiger partial charge in [-0.25, -0.2) is 0 Å². The number of carboxylic acid groups (broad SMARTS) is 1. The van der Waals surface area contributed by atoms with E-state index in [0.717, 1.165) is 0 Å². The number of ether oxygens (including phenoxy) is 1. The second-order valence-corrected chi connectivity index (χ2v) is 7.77. The molecular weight excluding hydrogens is 444 g/mol. The second kappa shape index (κ2) is 10.6. The fourth-order valence-corrected chi connectivity index (χ4v) is 3.88. The van der Waals surface area contributed by atoms with Crippen molar-refractivity contribution in [1.82, 2.24) is 4.90 Å². The number of rotatable bonds is 10. The van der Waals surface area contributed by atoms with Gasteiger partial charge in [-0.2, -0.15) is 0 Å². The van der Waals surface area contributed by atoms with Crippen LogP contribution in [0.4, 0.5) is 5.69 Å². The highest BCUT2D eigenvalue weighted by atomic mass is 16.6. The maximum Gasteiger partial charge on any atom is 0.303 e. The molecule has 2 N–H and O–H groups in total. The number of hydrogen-bond acceptors (Lipinski definition) is 7. The average molecular weight is 468 g/mol. The smallest absolute Gasteiger partial charge is 0.303 e. The molecule has 34 heavy (non-hydrogen) atoms. The van der Waals surface area contributed by atoms with E-state index >= 15 is 0 Å². The summed E-state index contributed by atoms with van der Waals surface area (Å²) in [6.45, 7) is 0.192. The third kappa shape index (κ3) is 5.22. The van der Waals surface area contributed by atoms with Crippen LogP contribution in [0.3, 0.4) is 0 Å². The molecule has 2 aromatic rings. The summed E-state index contributed by atoms with van der Waals surface area (Å²) >= 11 is 0. The maximum atomic E-state index is 13.0. The first-order valence-corrected chi connectivity index (χ1v) is 10.6. The number of likely N-dealkylation sites (tertiary alicyclic amines) is 1. The second-order valence-electron chi connectivity index (χ2n) is 7.77. The number of ketones is 1. The highest BCUT2D eigenvalue weighted by Gasteiger charge is 2.45. The molecule has 1 saturated heterocycles. The van der Waals surface area contributed by atoms with E-state index < -0.39 is 34.4 Å². The van der Waals surface area contributed by atoms with Crippen molar-refractivity contribution in [2.24, 2.45) is 0 Å². The minimum atomic E-state index is -0.901. The van der Waals surface area contributed by atoms with Crippen molar-refractivity contribution in [3.63, 3.8) is 0 Å². The number of non-ortho nitro benzene ring substituents is 1. The third-order valence-corrected chi connectivity index (χ3v) is 5.61. The molecule has 0 radical (unpaired) electrons. The molecule has 3 rings (SSSR count). The average Bonchev–Trinajstić information content (AvgIpc) is 3.08. The van der Waals surface area contributed by atoms with Crippen LogP contribution in [0.5, 0.6) is 5.75 Å². The van der Waals surface area contributed by atoms with Gasteiger partial charge in [-0.1, -0.05) is 18.6 Å². The Balaban J connectivity index is 1.98. The normalized spacial score (nSPS) is 17.1. The van der Waals surface area contributed by atoms with Crippen LogP contribution in [0.15, 0.2) is 54.1 Å². The Hall–Kier alpha value is -4.21. The number of hydrogen-bond donors (Lipinski definition) is 2. The van der Waals surface area contributed by atoms with Crippen LogP contribution in [0.25, 0.3) is 5.76 Å². The van der Waals surface area contributed by atoms with E-state index in [0.29, 0.717) is 30.6 Å². The molecule has 0 aliphatic carbocycles. The summed E-state index contributed by atoms with van der Waals surface area (Å²) in [4.78, 5) is 48.3. The number of carbonyl (C=O) groups excluding carboxylic acids is 2. The van der Waals surface area contributed by atoms with Crippen LogP contribution in [0.2, 0.25) is 0 Å². The highest BCUT2D eigenvalue weighted by molar-refractivity contribution is 6.46. The Morgan fingerprint density at radius 1 is 1.03 bits per heavy atom. The zero-order valence-electron chi connectivity index (χ0n) is 18.5. The maximum absolute atomic E-state index is 13.0. The summed E-state index contributed by atoms with van der Waals surface area (Å²) in [6, 6.07) is 10.9. The lowest BCUT2D eigenvalue weighted by Crippen LogP contribution is -2.30. The van der Waals surface area contributed by atoms with Gasteiger partial charge in [-0.15, -0.1) is 0 Å². The van der Waals surface area contributed by atoms with E-state index in [2.05, 4.69) is 0 Å². The number of carbonyl (C=O) groups is 3. The van der Waals surface area contributed by atoms with Gasteiger partial charge in [0.15, 0.2) is 0 Å². The van der Waals surface area contributed by atoms with Gasteiger partial charge in [0.05, 0.1) is 23.6 Å². The summed E-state index contributed by atoms with van der Waals surface area (Å²) in [5.41, 5.74) is 0.456. The number of carboxylic acids is 1. The molecule has 1 heterocycles. The van der Waals surface area contributed by atoms with Crippen molar-refractivity contribution < 1.29 is 34.3 Å². The van der Waals surface area contributed by atoms with E-state index in [1.807, 2.05) is 0 Å². The number of nitrogens with zero attached hydrogens (tertiary/aromatic N) is 2. The summed E-state index contributed by atoms with van der Waals surface area (Å²) in [6.07, 6.45) is 1.48. The minimum Gasteiger partial charge on any atom is -0.507 e. The first-order valence-electron chi connectivity index (χ1n) is 10.6. The number of unbranched alkanes of at least 4 members (excludes halogenated alkanes) is 2. The zero-order valence-corrected chi connectivity index (χ0v) is 18.5. The van der Waals surface area contributed by atoms with Gasteiger partial charge in [-0.3, -0.25) is 24.5 Å². The molecule has 0 saturated carbocycles. The largest absolute Gasteiger partial charge is 0.507 e. The molecule has 178 valence electrons. The molecule has 0 bridgehead atoms. The van der Waals surface area contributed by atoms with Crippen molar-refractivity contribution in [3.05, 3.63) is 75.3 Å². The molecule has 1 fully saturated rings. The number of nitro groups is 1. The highest BCUT2D eigenvalue weighted by Crippen LogP contribution is 2.40. The molecule has 10 heteroatoms. The number of aliphatic hydroxyl groups is 1. The zero-order chi connectivity index (χ0) is 24.8. The molecule has 10 nitrogen and oxygen atoms in total. The summed E-state index contributed by atoms with van der Waals surface area (Å²) in [7, 11) is 1.51. The molecule has 1 aliphatic rings. The van der Waals surface area contributed by atoms with E-state index in [4.69, 9.17) is 9.84 Å². The lowest BCUT2D eigenvalue weighted by Gasteiger charge is -2.25. The third-order valence-electron chi connectivity index (χ3n) is 5.61. The number of aliphatic hydroxyl groups excluding tert-OH is 1. The van der Waals surface area contributed by atoms with Gasteiger partial charge < -0.3 is 19.8 Å². The number of amides is 1. The van der Waals surface area contributed by atoms with E-state index in [1.54, 1.807) is 24.3 Å². The van der Waals surface area contributed by atoms with Gasteiger partial charge in [-0.05, 0) is 42.7 Å². The Kier molecular flexibility index (Phi) is 7.62. The molecule has 1 amide bonds. The topological polar surface area (TPSA) is 147 Å². The van der Waals surface area contributed by atoms with Gasteiger partial charge >= 0.3 is 5.97 Å². The number of methoxy groups -OCH3 is 1. The Morgan fingerprint density at radius 2 is 1.68 bits per heavy atom. The SMILES string of the molecule is COc1ccc(C2/C(=C(\O)c3ccc([N+](=O)[O-])cc3)C(=O)C(=O)N2CCCCCC(=O)O)cc1. The van der Waals surface area contributed by atoms with Crippen LogP contribution >= 0.6 is 0 Å². The molecule has 0 aromatic heterocycles.